The molecule has 2 N–H and O–H groups in total. The maximum Gasteiger partial charge on any atom is 0.305 e. The molecule has 3 heterocycles. The molecule has 2 unspecified atom stereocenters. The summed E-state index contributed by atoms with van der Waals surface area (Å²) in [5.74, 6) is -1.78. The van der Waals surface area contributed by atoms with Gasteiger partial charge in [0.1, 0.15) is 16.8 Å². The molecule has 13 heteroatoms. The number of nitrogens with one attached hydrogen (secondary N) is 2. The Morgan fingerprint density at radius 1 is 0.977 bits per heavy atom. The van der Waals surface area contributed by atoms with Crippen molar-refractivity contribution in [3.63, 3.8) is 0 Å². The molecule has 0 spiro atoms. The second-order valence-electron chi connectivity index (χ2n) is 9.94. The minimum Gasteiger partial charge on any atom is -0.497 e. The number of thiazole rings is 1. The third-order valence-electron chi connectivity index (χ3n) is 7.27. The van der Waals surface area contributed by atoms with Crippen LogP contribution in [-0.4, -0.2) is 48.3 Å². The van der Waals surface area contributed by atoms with Crippen LogP contribution in [0.2, 0.25) is 0 Å². The summed E-state index contributed by atoms with van der Waals surface area (Å²) in [5.41, 5.74) is 1.51. The Morgan fingerprint density at radius 2 is 1.73 bits per heavy atom. The van der Waals surface area contributed by atoms with Crippen LogP contribution in [0.1, 0.15) is 23.3 Å². The van der Waals surface area contributed by atoms with Crippen molar-refractivity contribution in [2.75, 3.05) is 30.5 Å². The number of aromatic nitrogens is 1. The number of H-pyrrole nitrogens is 1. The summed E-state index contributed by atoms with van der Waals surface area (Å²) in [6, 6.07) is 17.2. The van der Waals surface area contributed by atoms with Crippen molar-refractivity contribution in [1.29, 1.82) is 0 Å². The van der Waals surface area contributed by atoms with Crippen LogP contribution in [0, 0.1) is 11.7 Å². The highest BCUT2D eigenvalue weighted by atomic mass is 32.2. The van der Waals surface area contributed by atoms with Crippen LogP contribution in [0.5, 0.6) is 17.2 Å². The molecule has 3 atom stereocenters. The predicted molar refractivity (Wildman–Crippen MR) is 164 cm³/mol. The van der Waals surface area contributed by atoms with Gasteiger partial charge in [0.15, 0.2) is 18.1 Å². The molecule has 0 saturated carbocycles. The smallest absolute Gasteiger partial charge is 0.305 e. The van der Waals surface area contributed by atoms with E-state index in [1.165, 1.54) is 48.0 Å². The summed E-state index contributed by atoms with van der Waals surface area (Å²) in [5, 5.41) is 2.44. The fraction of sp³-hybridized carbons (Fsp3) is 0.226. The number of benzene rings is 3. The van der Waals surface area contributed by atoms with Gasteiger partial charge in [-0.05, 0) is 73.2 Å². The normalized spacial score (nSPS) is 18.9. The molecule has 0 aliphatic carbocycles. The van der Waals surface area contributed by atoms with Crippen molar-refractivity contribution in [2.24, 2.45) is 5.92 Å². The number of fused-ring (bicyclic) bond motifs is 2. The Balaban J connectivity index is 1.30. The maximum absolute atomic E-state index is 14.0. The van der Waals surface area contributed by atoms with Gasteiger partial charge in [-0.2, -0.15) is 0 Å². The van der Waals surface area contributed by atoms with Crippen LogP contribution in [0.15, 0.2) is 76.6 Å². The van der Waals surface area contributed by atoms with Crippen molar-refractivity contribution in [1.82, 2.24) is 4.98 Å². The Labute approximate surface area is 259 Å². The number of nitrogens with zero attached hydrogens (tertiary/aromatic N) is 1. The van der Waals surface area contributed by atoms with Crippen molar-refractivity contribution < 1.29 is 33.0 Å². The van der Waals surface area contributed by atoms with Crippen molar-refractivity contribution in [2.45, 2.75) is 23.1 Å². The fourth-order valence-electron chi connectivity index (χ4n) is 5.34. The number of thioether (sulfide) groups is 1. The third kappa shape index (κ3) is 5.55. The van der Waals surface area contributed by atoms with Crippen LogP contribution in [0.25, 0.3) is 0 Å². The summed E-state index contributed by atoms with van der Waals surface area (Å²) in [6.07, 6.45) is 0. The van der Waals surface area contributed by atoms with E-state index in [0.29, 0.717) is 50.7 Å². The number of imide groups is 1. The number of anilines is 2. The van der Waals surface area contributed by atoms with Gasteiger partial charge in [0.25, 0.3) is 5.91 Å². The molecule has 3 amide bonds. The van der Waals surface area contributed by atoms with E-state index >= 15 is 0 Å². The second-order valence-corrected chi connectivity index (χ2v) is 12.1. The number of rotatable bonds is 9. The number of halogens is 1. The highest BCUT2D eigenvalue weighted by Crippen LogP contribution is 2.53. The van der Waals surface area contributed by atoms with Gasteiger partial charge < -0.3 is 24.5 Å². The van der Waals surface area contributed by atoms with Crippen molar-refractivity contribution >= 4 is 52.2 Å². The molecule has 3 aromatic carbocycles. The zero-order valence-electron chi connectivity index (χ0n) is 23.5. The van der Waals surface area contributed by atoms with Crippen molar-refractivity contribution in [3.05, 3.63) is 92.7 Å². The second kappa shape index (κ2) is 12.2. The molecule has 4 aromatic rings. The number of hydrogen-bond donors (Lipinski definition) is 2. The van der Waals surface area contributed by atoms with Gasteiger partial charge in [-0.15, -0.1) is 0 Å². The van der Waals surface area contributed by atoms with Gasteiger partial charge in [-0.1, -0.05) is 29.2 Å². The third-order valence-corrected chi connectivity index (χ3v) is 9.67. The topological polar surface area (TPSA) is 127 Å². The van der Waals surface area contributed by atoms with E-state index in [2.05, 4.69) is 10.3 Å². The van der Waals surface area contributed by atoms with E-state index in [9.17, 15) is 23.6 Å². The van der Waals surface area contributed by atoms with Gasteiger partial charge >= 0.3 is 4.87 Å². The quantitative estimate of drug-likeness (QED) is 0.251. The molecular weight excluding hydrogens is 609 g/mol. The number of carbonyl (C=O) groups excluding carboxylic acids is 3. The van der Waals surface area contributed by atoms with E-state index in [-0.39, 0.29) is 23.3 Å². The maximum atomic E-state index is 14.0. The first-order chi connectivity index (χ1) is 21.3. The number of amides is 3. The highest BCUT2D eigenvalue weighted by molar-refractivity contribution is 8.00. The molecular formula is C31H26FN3O7S2. The highest BCUT2D eigenvalue weighted by Gasteiger charge is 2.56. The van der Waals surface area contributed by atoms with Crippen LogP contribution >= 0.6 is 23.1 Å². The standard InChI is InChI=1S/C31H26FN3O7S2/c1-3-41-22-14-16(4-13-21(22)42-15-23(36)33-18-7-5-17(32)6-8-18)24-25-27(43-28-26(24)44-31(39)34-28)30(38)35(29(25)37)19-9-11-20(40-2)12-10-19/h4-14,24-25,27H,3,15H2,1-2H3,(H,33,36)(H,34,39)/t24-,25?,27?/m1/s1. The SMILES string of the molecule is CCOc1cc([C@H]2c3sc(=O)[nH]c3SC3C(=O)N(c4ccc(OC)cc4)C(=O)C32)ccc1OCC(=O)Nc1ccc(F)cc1. The molecule has 6 rings (SSSR count). The van der Waals surface area contributed by atoms with Gasteiger partial charge in [0, 0.05) is 16.5 Å². The van der Waals surface area contributed by atoms with E-state index < -0.39 is 28.8 Å². The minimum atomic E-state index is -0.781. The lowest BCUT2D eigenvalue weighted by Crippen LogP contribution is -2.32. The van der Waals surface area contributed by atoms with Crippen LogP contribution in [0.4, 0.5) is 15.8 Å². The average Bonchev–Trinajstić information content (AvgIpc) is 3.51. The van der Waals surface area contributed by atoms with Crippen LogP contribution in [0.3, 0.4) is 0 Å². The van der Waals surface area contributed by atoms with Gasteiger partial charge in [-0.25, -0.2) is 9.29 Å². The Morgan fingerprint density at radius 3 is 2.43 bits per heavy atom. The molecule has 1 fully saturated rings. The van der Waals surface area contributed by atoms with Crippen LogP contribution < -0.4 is 29.3 Å². The average molecular weight is 636 g/mol. The Hall–Kier alpha value is -4.62. The van der Waals surface area contributed by atoms with E-state index in [4.69, 9.17) is 14.2 Å². The van der Waals surface area contributed by atoms with Gasteiger partial charge in [0.05, 0.1) is 30.3 Å². The van der Waals surface area contributed by atoms with Crippen LogP contribution in [-0.2, 0) is 14.4 Å². The molecule has 0 bridgehead atoms. The molecule has 0 radical (unpaired) electrons. The lowest BCUT2D eigenvalue weighted by Gasteiger charge is -2.30. The number of hydrogen-bond acceptors (Lipinski definition) is 9. The largest absolute Gasteiger partial charge is 0.497 e. The number of methoxy groups -OCH3 is 1. The first-order valence-corrected chi connectivity index (χ1v) is 15.3. The lowest BCUT2D eigenvalue weighted by atomic mass is 9.83. The molecule has 2 aliphatic heterocycles. The summed E-state index contributed by atoms with van der Waals surface area (Å²) in [7, 11) is 1.53. The number of aromatic amines is 1. The van der Waals surface area contributed by atoms with E-state index in [1.807, 2.05) is 0 Å². The lowest BCUT2D eigenvalue weighted by molar-refractivity contribution is -0.122. The summed E-state index contributed by atoms with van der Waals surface area (Å²) in [6.45, 7) is 1.75. The zero-order chi connectivity index (χ0) is 31.0. The van der Waals surface area contributed by atoms with Gasteiger partial charge in [-0.3, -0.25) is 19.2 Å². The zero-order valence-corrected chi connectivity index (χ0v) is 25.1. The summed E-state index contributed by atoms with van der Waals surface area (Å²) >= 11 is 2.20. The summed E-state index contributed by atoms with van der Waals surface area (Å²) in [4.78, 5) is 57.0. The number of ether oxygens (including phenoxy) is 3. The van der Waals surface area contributed by atoms with Crippen molar-refractivity contribution in [3.8, 4) is 17.2 Å². The molecule has 44 heavy (non-hydrogen) atoms. The molecule has 1 aromatic heterocycles. The predicted octanol–water partition coefficient (Wildman–Crippen LogP) is 4.80. The molecule has 2 aliphatic rings. The fourth-order valence-corrected chi connectivity index (χ4v) is 7.86. The Bertz CT molecular complexity index is 1790. The molecule has 1 saturated heterocycles. The summed E-state index contributed by atoms with van der Waals surface area (Å²) < 4.78 is 30.0. The monoisotopic (exact) mass is 635 g/mol. The van der Waals surface area contributed by atoms with E-state index in [0.717, 1.165) is 11.3 Å². The molecule has 226 valence electrons. The minimum absolute atomic E-state index is 0.281. The van der Waals surface area contributed by atoms with Gasteiger partial charge in [0.2, 0.25) is 11.8 Å². The Kier molecular flexibility index (Phi) is 8.15. The molecule has 10 nitrogen and oxygen atoms in total. The number of carbonyl (C=O) groups is 3. The first-order valence-electron chi connectivity index (χ1n) is 13.6. The first kappa shape index (κ1) is 29.5. The van der Waals surface area contributed by atoms with E-state index in [1.54, 1.807) is 49.4 Å².